The van der Waals surface area contributed by atoms with Crippen molar-refractivity contribution in [3.05, 3.63) is 0 Å². The number of amides is 2. The number of carbonyl (C=O) groups is 2. The standard InChI is InChI=1S/C13H24N2O3/c1-3-7-11-8-5-6-9-15(11)13(17)14-10-12(16)18-4-2/h11H,3-10H2,1-2H3,(H,14,17). The molecule has 0 aromatic heterocycles. The summed E-state index contributed by atoms with van der Waals surface area (Å²) in [4.78, 5) is 25.0. The molecule has 1 saturated heterocycles. The minimum absolute atomic E-state index is 0.0397. The van der Waals surface area contributed by atoms with Gasteiger partial charge in [-0.15, -0.1) is 0 Å². The van der Waals surface area contributed by atoms with Gasteiger partial charge in [-0.1, -0.05) is 13.3 Å². The number of piperidine rings is 1. The molecule has 0 aromatic rings. The molecule has 104 valence electrons. The molecule has 18 heavy (non-hydrogen) atoms. The Morgan fingerprint density at radius 1 is 1.33 bits per heavy atom. The fraction of sp³-hybridized carbons (Fsp3) is 0.846. The second kappa shape index (κ2) is 7.95. The Labute approximate surface area is 109 Å². The molecule has 1 unspecified atom stereocenters. The van der Waals surface area contributed by atoms with Crippen LogP contribution in [0.4, 0.5) is 4.79 Å². The normalized spacial score (nSPS) is 19.4. The Balaban J connectivity index is 2.40. The molecule has 0 aliphatic carbocycles. The van der Waals surface area contributed by atoms with Crippen molar-refractivity contribution in [3.63, 3.8) is 0 Å². The molecule has 2 amide bonds. The first kappa shape index (κ1) is 14.8. The number of urea groups is 1. The highest BCUT2D eigenvalue weighted by Gasteiger charge is 2.25. The molecule has 0 aromatic carbocycles. The van der Waals surface area contributed by atoms with Crippen LogP contribution in [0.3, 0.4) is 0 Å². The van der Waals surface area contributed by atoms with Gasteiger partial charge in [-0.3, -0.25) is 4.79 Å². The number of hydrogen-bond donors (Lipinski definition) is 1. The first-order chi connectivity index (χ1) is 8.69. The maximum absolute atomic E-state index is 12.0. The number of carbonyl (C=O) groups excluding carboxylic acids is 2. The van der Waals surface area contributed by atoms with Crippen molar-refractivity contribution < 1.29 is 14.3 Å². The fourth-order valence-corrected chi connectivity index (χ4v) is 2.36. The summed E-state index contributed by atoms with van der Waals surface area (Å²) in [5.41, 5.74) is 0. The van der Waals surface area contributed by atoms with E-state index in [2.05, 4.69) is 12.2 Å². The van der Waals surface area contributed by atoms with Gasteiger partial charge in [0.25, 0.3) is 0 Å². The van der Waals surface area contributed by atoms with Gasteiger partial charge in [-0.2, -0.15) is 0 Å². The summed E-state index contributed by atoms with van der Waals surface area (Å²) < 4.78 is 4.78. The van der Waals surface area contributed by atoms with Gasteiger partial charge in [0.05, 0.1) is 6.61 Å². The Bertz CT molecular complexity index is 279. The highest BCUT2D eigenvalue weighted by Crippen LogP contribution is 2.20. The van der Waals surface area contributed by atoms with Gasteiger partial charge in [0.1, 0.15) is 6.54 Å². The molecule has 5 heteroatoms. The van der Waals surface area contributed by atoms with E-state index in [0.29, 0.717) is 12.6 Å². The Kier molecular flexibility index (Phi) is 6.54. The molecule has 1 aliphatic rings. The molecular weight excluding hydrogens is 232 g/mol. The van der Waals surface area contributed by atoms with Crippen LogP contribution in [0.2, 0.25) is 0 Å². The van der Waals surface area contributed by atoms with Crippen molar-refractivity contribution >= 4 is 12.0 Å². The maximum Gasteiger partial charge on any atom is 0.325 e. The number of rotatable bonds is 5. The van der Waals surface area contributed by atoms with Crippen molar-refractivity contribution in [2.24, 2.45) is 0 Å². The summed E-state index contributed by atoms with van der Waals surface area (Å²) in [6, 6.07) is 0.187. The number of esters is 1. The van der Waals surface area contributed by atoms with E-state index in [0.717, 1.165) is 32.2 Å². The van der Waals surface area contributed by atoms with Gasteiger partial charge in [-0.25, -0.2) is 4.79 Å². The highest BCUT2D eigenvalue weighted by atomic mass is 16.5. The molecule has 1 atom stereocenters. The SMILES string of the molecule is CCCC1CCCCN1C(=O)NCC(=O)OCC. The van der Waals surface area contributed by atoms with E-state index in [4.69, 9.17) is 4.74 Å². The van der Waals surface area contributed by atoms with Gasteiger partial charge >= 0.3 is 12.0 Å². The molecule has 5 nitrogen and oxygen atoms in total. The van der Waals surface area contributed by atoms with Crippen LogP contribution < -0.4 is 5.32 Å². The lowest BCUT2D eigenvalue weighted by atomic mass is 9.99. The first-order valence-corrected chi connectivity index (χ1v) is 6.89. The lowest BCUT2D eigenvalue weighted by Gasteiger charge is -2.35. The number of nitrogens with zero attached hydrogens (tertiary/aromatic N) is 1. The summed E-state index contributed by atoms with van der Waals surface area (Å²) in [6.07, 6.45) is 5.42. The molecule has 1 aliphatic heterocycles. The van der Waals surface area contributed by atoms with E-state index >= 15 is 0 Å². The Morgan fingerprint density at radius 2 is 2.11 bits per heavy atom. The molecule has 1 rings (SSSR count). The summed E-state index contributed by atoms with van der Waals surface area (Å²) in [5.74, 6) is -0.380. The molecule has 0 radical (unpaired) electrons. The van der Waals surface area contributed by atoms with Gasteiger partial charge in [-0.05, 0) is 32.6 Å². The number of hydrogen-bond acceptors (Lipinski definition) is 3. The molecule has 1 fully saturated rings. The van der Waals surface area contributed by atoms with E-state index < -0.39 is 0 Å². The third-order valence-electron chi connectivity index (χ3n) is 3.20. The number of likely N-dealkylation sites (tertiary alicyclic amines) is 1. The lowest BCUT2D eigenvalue weighted by Crippen LogP contribution is -2.49. The zero-order valence-corrected chi connectivity index (χ0v) is 11.4. The maximum atomic E-state index is 12.0. The van der Waals surface area contributed by atoms with Gasteiger partial charge in [0, 0.05) is 12.6 Å². The first-order valence-electron chi connectivity index (χ1n) is 6.89. The van der Waals surface area contributed by atoms with Crippen LogP contribution >= 0.6 is 0 Å². The van der Waals surface area contributed by atoms with Crippen LogP contribution in [0, 0.1) is 0 Å². The van der Waals surface area contributed by atoms with Crippen molar-refractivity contribution in [3.8, 4) is 0 Å². The van der Waals surface area contributed by atoms with Crippen LogP contribution in [-0.4, -0.2) is 42.6 Å². The van der Waals surface area contributed by atoms with E-state index in [1.165, 1.54) is 6.42 Å². The quantitative estimate of drug-likeness (QED) is 0.764. The van der Waals surface area contributed by atoms with Crippen LogP contribution in [0.25, 0.3) is 0 Å². The summed E-state index contributed by atoms with van der Waals surface area (Å²) in [6.45, 7) is 4.98. The third kappa shape index (κ3) is 4.55. The second-order valence-corrected chi connectivity index (χ2v) is 4.60. The van der Waals surface area contributed by atoms with E-state index in [-0.39, 0.29) is 18.5 Å². The van der Waals surface area contributed by atoms with E-state index in [1.807, 2.05) is 4.90 Å². The molecular formula is C13H24N2O3. The molecule has 1 heterocycles. The topological polar surface area (TPSA) is 58.6 Å². The Hall–Kier alpha value is -1.26. The largest absolute Gasteiger partial charge is 0.465 e. The second-order valence-electron chi connectivity index (χ2n) is 4.60. The fourth-order valence-electron chi connectivity index (χ4n) is 2.36. The summed E-state index contributed by atoms with van der Waals surface area (Å²) in [5, 5.41) is 2.64. The van der Waals surface area contributed by atoms with E-state index in [1.54, 1.807) is 6.92 Å². The molecule has 0 saturated carbocycles. The number of ether oxygens (including phenoxy) is 1. The molecule has 0 bridgehead atoms. The van der Waals surface area contributed by atoms with Gasteiger partial charge in [0.15, 0.2) is 0 Å². The zero-order chi connectivity index (χ0) is 13.4. The minimum Gasteiger partial charge on any atom is -0.465 e. The van der Waals surface area contributed by atoms with Crippen LogP contribution in [0.1, 0.15) is 46.0 Å². The van der Waals surface area contributed by atoms with Crippen molar-refractivity contribution in [1.82, 2.24) is 10.2 Å². The predicted molar refractivity (Wildman–Crippen MR) is 69.3 cm³/mol. The highest BCUT2D eigenvalue weighted by molar-refractivity contribution is 5.81. The average molecular weight is 256 g/mol. The smallest absolute Gasteiger partial charge is 0.325 e. The monoisotopic (exact) mass is 256 g/mol. The van der Waals surface area contributed by atoms with Crippen molar-refractivity contribution in [2.75, 3.05) is 19.7 Å². The average Bonchev–Trinajstić information content (AvgIpc) is 2.37. The van der Waals surface area contributed by atoms with Gasteiger partial charge < -0.3 is 15.0 Å². The van der Waals surface area contributed by atoms with Crippen LogP contribution in [0.15, 0.2) is 0 Å². The van der Waals surface area contributed by atoms with Gasteiger partial charge in [0.2, 0.25) is 0 Å². The third-order valence-corrected chi connectivity index (χ3v) is 3.20. The zero-order valence-electron chi connectivity index (χ0n) is 11.4. The molecule has 1 N–H and O–H groups in total. The molecule has 0 spiro atoms. The van der Waals surface area contributed by atoms with Crippen molar-refractivity contribution in [1.29, 1.82) is 0 Å². The van der Waals surface area contributed by atoms with Crippen molar-refractivity contribution in [2.45, 2.75) is 52.0 Å². The lowest BCUT2D eigenvalue weighted by molar-refractivity contribution is -0.141. The summed E-state index contributed by atoms with van der Waals surface area (Å²) in [7, 11) is 0. The van der Waals surface area contributed by atoms with Crippen LogP contribution in [-0.2, 0) is 9.53 Å². The predicted octanol–water partition coefficient (Wildman–Crippen LogP) is 1.91. The van der Waals surface area contributed by atoms with E-state index in [9.17, 15) is 9.59 Å². The Morgan fingerprint density at radius 3 is 2.78 bits per heavy atom. The number of nitrogens with one attached hydrogen (secondary N) is 1. The minimum atomic E-state index is -0.380. The summed E-state index contributed by atoms with van der Waals surface area (Å²) >= 11 is 0. The van der Waals surface area contributed by atoms with Crippen LogP contribution in [0.5, 0.6) is 0 Å².